The third-order valence-electron chi connectivity index (χ3n) is 7.79. The zero-order valence-electron chi connectivity index (χ0n) is 27.4. The van der Waals surface area contributed by atoms with Crippen molar-refractivity contribution in [3.63, 3.8) is 0 Å². The van der Waals surface area contributed by atoms with E-state index in [0.29, 0.717) is 18.7 Å². The Balaban J connectivity index is 0.000000178. The van der Waals surface area contributed by atoms with Crippen LogP contribution in [-0.4, -0.2) is 34.4 Å². The summed E-state index contributed by atoms with van der Waals surface area (Å²) in [4.78, 5) is 23.8. The maximum Gasteiger partial charge on any atom is 0.347 e. The molecule has 2 heterocycles. The second-order valence-electron chi connectivity index (χ2n) is 11.5. The Kier molecular flexibility index (Phi) is 11.4. The van der Waals surface area contributed by atoms with Crippen LogP contribution in [-0.2, 0) is 30.9 Å². The minimum atomic E-state index is -0.625. The highest BCUT2D eigenvalue weighted by Gasteiger charge is 2.31. The first-order valence-electron chi connectivity index (χ1n) is 16.3. The third-order valence-corrected chi connectivity index (χ3v) is 7.79. The molecule has 8 nitrogen and oxygen atoms in total. The van der Waals surface area contributed by atoms with Gasteiger partial charge in [0, 0.05) is 5.56 Å². The number of rotatable bonds is 12. The van der Waals surface area contributed by atoms with Gasteiger partial charge in [-0.3, -0.25) is 10.0 Å². The molecule has 1 aromatic heterocycles. The van der Waals surface area contributed by atoms with Crippen LogP contribution in [0.1, 0.15) is 54.3 Å². The largest absolute Gasteiger partial charge is 0.463 e. The van der Waals surface area contributed by atoms with Gasteiger partial charge in [-0.25, -0.2) is 9.59 Å². The van der Waals surface area contributed by atoms with E-state index >= 15 is 0 Å². The van der Waals surface area contributed by atoms with Crippen molar-refractivity contribution >= 4 is 24.4 Å². The lowest BCUT2D eigenvalue weighted by Crippen LogP contribution is -2.17. The number of nitrogens with zero attached hydrogens (tertiary/aromatic N) is 4. The molecule has 0 fully saturated rings. The van der Waals surface area contributed by atoms with E-state index in [4.69, 9.17) is 9.15 Å². The van der Waals surface area contributed by atoms with Crippen LogP contribution < -0.4 is 0 Å². The van der Waals surface area contributed by atoms with E-state index in [1.807, 2.05) is 119 Å². The molecule has 6 aromatic rings. The lowest BCUT2D eigenvalue weighted by atomic mass is 10.0. The van der Waals surface area contributed by atoms with Crippen molar-refractivity contribution in [3.05, 3.63) is 203 Å². The van der Waals surface area contributed by atoms with Gasteiger partial charge >= 0.3 is 11.9 Å². The number of cyclic esters (lactones) is 2. The summed E-state index contributed by atoms with van der Waals surface area (Å²) in [5.41, 5.74) is 5.85. The predicted molar refractivity (Wildman–Crippen MR) is 194 cm³/mol. The number of benzene rings is 5. The molecule has 0 radical (unpaired) electrons. The van der Waals surface area contributed by atoms with Crippen molar-refractivity contribution in [1.29, 1.82) is 0 Å². The Morgan fingerprint density at radius 2 is 0.940 bits per heavy atom. The standard InChI is InChI=1S/C23H18N2O3.C19H18N2O/c26-22-20-13-7-12-19(21(20)23(27)28-22)14-24-25(15-17-8-3-1-4-9-17)16-18-10-5-2-6-11-18;1-3-8-17(9-4-1)15-21(16-18-10-5-2-6-11-18)20-14-19-12-7-13-22-19/h1-14H,15-16H2;1-14H,15-16H2/b24-14-;20-14+. The number of hydrazone groups is 2. The summed E-state index contributed by atoms with van der Waals surface area (Å²) in [6.45, 7) is 2.75. The first kappa shape index (κ1) is 33.4. The normalized spacial score (nSPS) is 12.0. The Bertz CT molecular complexity index is 1930. The maximum atomic E-state index is 12.0. The molecule has 0 saturated heterocycles. The van der Waals surface area contributed by atoms with Gasteiger partial charge in [-0.2, -0.15) is 10.2 Å². The number of hydrogen-bond donors (Lipinski definition) is 0. The van der Waals surface area contributed by atoms with Crippen LogP contribution >= 0.6 is 0 Å². The molecule has 0 aliphatic carbocycles. The molecule has 0 unspecified atom stereocenters. The summed E-state index contributed by atoms with van der Waals surface area (Å²) >= 11 is 0. The molecule has 0 amide bonds. The average Bonchev–Trinajstić information content (AvgIpc) is 3.79. The molecule has 5 aromatic carbocycles. The van der Waals surface area contributed by atoms with Gasteiger partial charge in [0.25, 0.3) is 0 Å². The van der Waals surface area contributed by atoms with Gasteiger partial charge in [-0.1, -0.05) is 133 Å². The van der Waals surface area contributed by atoms with E-state index in [2.05, 4.69) is 34.5 Å². The Morgan fingerprint density at radius 1 is 0.480 bits per heavy atom. The van der Waals surface area contributed by atoms with Gasteiger partial charge in [0.05, 0.1) is 56.0 Å². The molecule has 7 rings (SSSR count). The number of esters is 2. The zero-order valence-corrected chi connectivity index (χ0v) is 27.4. The van der Waals surface area contributed by atoms with Gasteiger partial charge < -0.3 is 9.15 Å². The molecule has 1 aliphatic rings. The summed E-state index contributed by atoms with van der Waals surface area (Å²) in [6, 6.07) is 49.6. The fourth-order valence-corrected chi connectivity index (χ4v) is 5.36. The van der Waals surface area contributed by atoms with Crippen molar-refractivity contribution in [1.82, 2.24) is 10.0 Å². The number of hydrogen-bond acceptors (Lipinski definition) is 8. The Labute approximate surface area is 291 Å². The number of carbonyl (C=O) groups is 2. The summed E-state index contributed by atoms with van der Waals surface area (Å²) in [6.07, 6.45) is 5.02. The maximum absolute atomic E-state index is 12.0. The van der Waals surface area contributed by atoms with Crippen molar-refractivity contribution in [2.75, 3.05) is 0 Å². The van der Waals surface area contributed by atoms with Crippen LogP contribution in [0.2, 0.25) is 0 Å². The molecule has 0 saturated carbocycles. The summed E-state index contributed by atoms with van der Waals surface area (Å²) in [5, 5.41) is 13.1. The molecule has 0 N–H and O–H groups in total. The highest BCUT2D eigenvalue weighted by molar-refractivity contribution is 6.18. The molecule has 248 valence electrons. The number of furan rings is 1. The highest BCUT2D eigenvalue weighted by atomic mass is 16.6. The molecular formula is C42H36N4O4. The van der Waals surface area contributed by atoms with E-state index < -0.39 is 11.9 Å². The summed E-state index contributed by atoms with van der Waals surface area (Å²) < 4.78 is 10.0. The molecule has 0 spiro atoms. The van der Waals surface area contributed by atoms with Gasteiger partial charge in [0.15, 0.2) is 0 Å². The topological polar surface area (TPSA) is 87.7 Å². The molecule has 1 aliphatic heterocycles. The minimum Gasteiger partial charge on any atom is -0.463 e. The van der Waals surface area contributed by atoms with Gasteiger partial charge in [0.2, 0.25) is 0 Å². The fraction of sp³-hybridized carbons (Fsp3) is 0.0952. The van der Waals surface area contributed by atoms with E-state index in [1.165, 1.54) is 11.1 Å². The minimum absolute atomic E-state index is 0.274. The smallest absolute Gasteiger partial charge is 0.347 e. The SMILES string of the molecule is C(=N\N(Cc1ccccc1)Cc1ccccc1)/c1ccco1.O=C1OC(=O)c2c(/C=N\N(Cc3ccccc3)Cc3ccccc3)cccc21. The van der Waals surface area contributed by atoms with Crippen molar-refractivity contribution in [2.45, 2.75) is 26.2 Å². The lowest BCUT2D eigenvalue weighted by Gasteiger charge is -2.19. The average molecular weight is 661 g/mol. The van der Waals surface area contributed by atoms with Crippen molar-refractivity contribution < 1.29 is 18.7 Å². The third kappa shape index (κ3) is 9.51. The fourth-order valence-electron chi connectivity index (χ4n) is 5.36. The first-order chi connectivity index (χ1) is 24.6. The van der Waals surface area contributed by atoms with E-state index in [1.54, 1.807) is 36.9 Å². The lowest BCUT2D eigenvalue weighted by molar-refractivity contribution is 0.0443. The number of carbonyl (C=O) groups excluding carboxylic acids is 2. The second-order valence-corrected chi connectivity index (χ2v) is 11.5. The van der Waals surface area contributed by atoms with Crippen LogP contribution in [0.15, 0.2) is 173 Å². The van der Waals surface area contributed by atoms with Crippen LogP contribution in [0.4, 0.5) is 0 Å². The monoisotopic (exact) mass is 660 g/mol. The molecular weight excluding hydrogens is 624 g/mol. The van der Waals surface area contributed by atoms with Crippen LogP contribution in [0, 0.1) is 0 Å². The highest BCUT2D eigenvalue weighted by Crippen LogP contribution is 2.23. The Hall–Kier alpha value is -6.54. The molecule has 50 heavy (non-hydrogen) atoms. The number of fused-ring (bicyclic) bond motifs is 1. The molecule has 8 heteroatoms. The zero-order chi connectivity index (χ0) is 34.4. The summed E-state index contributed by atoms with van der Waals surface area (Å²) in [5.74, 6) is -0.480. The number of ether oxygens (including phenoxy) is 1. The Morgan fingerprint density at radius 3 is 1.38 bits per heavy atom. The van der Waals surface area contributed by atoms with Gasteiger partial charge in [-0.15, -0.1) is 0 Å². The second kappa shape index (κ2) is 17.0. The first-order valence-corrected chi connectivity index (χ1v) is 16.3. The van der Waals surface area contributed by atoms with Gasteiger partial charge in [0.1, 0.15) is 5.76 Å². The van der Waals surface area contributed by atoms with Crippen LogP contribution in [0.25, 0.3) is 0 Å². The molecule has 0 bridgehead atoms. The quantitative estimate of drug-likeness (QED) is 0.0568. The van der Waals surface area contributed by atoms with Gasteiger partial charge in [-0.05, 0) is 40.5 Å². The van der Waals surface area contributed by atoms with Crippen molar-refractivity contribution in [2.24, 2.45) is 10.2 Å². The van der Waals surface area contributed by atoms with E-state index in [0.717, 1.165) is 30.0 Å². The van der Waals surface area contributed by atoms with Crippen molar-refractivity contribution in [3.8, 4) is 0 Å². The van der Waals surface area contributed by atoms with Crippen LogP contribution in [0.5, 0.6) is 0 Å². The molecule has 0 atom stereocenters. The van der Waals surface area contributed by atoms with Crippen LogP contribution in [0.3, 0.4) is 0 Å². The van der Waals surface area contributed by atoms with E-state index in [9.17, 15) is 9.59 Å². The summed E-state index contributed by atoms with van der Waals surface area (Å²) in [7, 11) is 0. The van der Waals surface area contributed by atoms with E-state index in [-0.39, 0.29) is 11.1 Å². The predicted octanol–water partition coefficient (Wildman–Crippen LogP) is 8.35.